The predicted octanol–water partition coefficient (Wildman–Crippen LogP) is 3.42. The number of rotatable bonds is 6. The van der Waals surface area contributed by atoms with Crippen LogP contribution in [-0.4, -0.2) is 48.0 Å². The zero-order valence-corrected chi connectivity index (χ0v) is 20.4. The minimum Gasteiger partial charge on any atom is -0.461 e. The van der Waals surface area contributed by atoms with Crippen LogP contribution in [0.4, 0.5) is 4.39 Å². The average Bonchev–Trinajstić information content (AvgIpc) is 3.10. The van der Waals surface area contributed by atoms with Crippen molar-refractivity contribution in [3.63, 3.8) is 0 Å². The highest BCUT2D eigenvalue weighted by atomic mass is 19.1. The van der Waals surface area contributed by atoms with E-state index < -0.39 is 17.2 Å². The van der Waals surface area contributed by atoms with E-state index in [-0.39, 0.29) is 29.1 Å². The molecule has 0 aliphatic carbocycles. The first-order valence-corrected chi connectivity index (χ1v) is 12.0. The van der Waals surface area contributed by atoms with E-state index in [1.165, 1.54) is 12.1 Å². The molecule has 2 aliphatic rings. The first kappa shape index (κ1) is 24.9. The Morgan fingerprint density at radius 3 is 2.77 bits per heavy atom. The molecule has 4 rings (SSSR count). The molecule has 1 aromatic carbocycles. The van der Waals surface area contributed by atoms with E-state index in [0.29, 0.717) is 38.3 Å². The first-order valence-electron chi connectivity index (χ1n) is 12.0. The van der Waals surface area contributed by atoms with Gasteiger partial charge in [-0.25, -0.2) is 9.18 Å². The van der Waals surface area contributed by atoms with Gasteiger partial charge in [0.15, 0.2) is 0 Å². The predicted molar refractivity (Wildman–Crippen MR) is 125 cm³/mol. The second-order valence-electron chi connectivity index (χ2n) is 10.3. The number of esters is 1. The number of hydrogen-bond donors (Lipinski definition) is 1. The Morgan fingerprint density at radius 2 is 2.11 bits per heavy atom. The van der Waals surface area contributed by atoms with E-state index in [1.54, 1.807) is 0 Å². The number of hydrogen-bond acceptors (Lipinski definition) is 6. The van der Waals surface area contributed by atoms with Gasteiger partial charge in [0.05, 0.1) is 40.8 Å². The largest absolute Gasteiger partial charge is 0.461 e. The fourth-order valence-electron chi connectivity index (χ4n) is 4.84. The quantitative estimate of drug-likeness (QED) is 0.633. The van der Waals surface area contributed by atoms with Crippen molar-refractivity contribution in [3.05, 3.63) is 52.1 Å². The molecule has 1 saturated heterocycles. The summed E-state index contributed by atoms with van der Waals surface area (Å²) in [5, 5.41) is 16.8. The van der Waals surface area contributed by atoms with Crippen LogP contribution in [0.5, 0.6) is 0 Å². The van der Waals surface area contributed by atoms with Crippen molar-refractivity contribution in [1.82, 2.24) is 15.1 Å². The lowest BCUT2D eigenvalue weighted by molar-refractivity contribution is 0.0145. The summed E-state index contributed by atoms with van der Waals surface area (Å²) < 4.78 is 27.1. The Labute approximate surface area is 204 Å². The highest BCUT2D eigenvalue weighted by molar-refractivity contribution is 5.97. The molecule has 1 spiro atoms. The van der Waals surface area contributed by atoms with E-state index in [4.69, 9.17) is 19.8 Å². The number of benzene rings is 1. The molecule has 2 aliphatic heterocycles. The molecule has 1 fully saturated rings. The number of aromatic nitrogens is 2. The van der Waals surface area contributed by atoms with Crippen LogP contribution in [0.25, 0.3) is 0 Å². The summed E-state index contributed by atoms with van der Waals surface area (Å²) in [6.45, 7) is 8.29. The third-order valence-corrected chi connectivity index (χ3v) is 6.90. The molecule has 0 unspecified atom stereocenters. The normalized spacial score (nSPS) is 17.3. The van der Waals surface area contributed by atoms with E-state index >= 15 is 0 Å². The first-order chi connectivity index (χ1) is 16.7. The van der Waals surface area contributed by atoms with Gasteiger partial charge in [-0.05, 0) is 49.3 Å². The average molecular weight is 483 g/mol. The fourth-order valence-corrected chi connectivity index (χ4v) is 4.84. The molecule has 1 amide bonds. The number of nitriles is 1. The van der Waals surface area contributed by atoms with Gasteiger partial charge in [-0.1, -0.05) is 20.8 Å². The maximum Gasteiger partial charge on any atom is 0.341 e. The molecule has 0 radical (unpaired) electrons. The van der Waals surface area contributed by atoms with Gasteiger partial charge in [-0.3, -0.25) is 9.48 Å². The Bertz CT molecular complexity index is 1170. The number of amides is 1. The smallest absolute Gasteiger partial charge is 0.341 e. The molecule has 0 bridgehead atoms. The lowest BCUT2D eigenvalue weighted by Crippen LogP contribution is -2.41. The maximum atomic E-state index is 14.2. The van der Waals surface area contributed by atoms with Crippen LogP contribution in [0.3, 0.4) is 0 Å². The van der Waals surface area contributed by atoms with Crippen LogP contribution in [0.15, 0.2) is 18.2 Å². The highest BCUT2D eigenvalue weighted by Gasteiger charge is 2.40. The van der Waals surface area contributed by atoms with Gasteiger partial charge in [0, 0.05) is 31.7 Å². The molecule has 35 heavy (non-hydrogen) atoms. The Morgan fingerprint density at radius 1 is 1.37 bits per heavy atom. The Hall–Kier alpha value is -3.25. The lowest BCUT2D eigenvalue weighted by Gasteiger charge is -2.36. The standard InChI is InChI=1S/C26H31FN4O4/c1-4-20-22-21(12-26(14-29-23(22)32)7-9-34-10-8-26)31(30-20)15-25(2,3)16-35-24(33)18-6-5-17(13-28)11-19(18)27/h5-6,11H,4,7-10,12,14-16H2,1-3H3,(H,29,32). The third kappa shape index (κ3) is 5.22. The van der Waals surface area contributed by atoms with Crippen LogP contribution >= 0.6 is 0 Å². The molecular weight excluding hydrogens is 451 g/mol. The monoisotopic (exact) mass is 482 g/mol. The minimum absolute atomic E-state index is 0.0343. The number of nitrogens with one attached hydrogen (secondary N) is 1. The molecule has 0 atom stereocenters. The van der Waals surface area contributed by atoms with Crippen molar-refractivity contribution < 1.29 is 23.5 Å². The summed E-state index contributed by atoms with van der Waals surface area (Å²) >= 11 is 0. The van der Waals surface area contributed by atoms with Crippen molar-refractivity contribution >= 4 is 11.9 Å². The number of fused-ring (bicyclic) bond motifs is 1. The molecule has 2 aromatic rings. The van der Waals surface area contributed by atoms with E-state index in [1.807, 2.05) is 31.5 Å². The second kappa shape index (κ2) is 9.78. The maximum absolute atomic E-state index is 14.2. The number of carbonyl (C=O) groups excluding carboxylic acids is 2. The highest BCUT2D eigenvalue weighted by Crippen LogP contribution is 2.38. The summed E-state index contributed by atoms with van der Waals surface area (Å²) in [4.78, 5) is 25.5. The van der Waals surface area contributed by atoms with E-state index in [2.05, 4.69) is 5.32 Å². The van der Waals surface area contributed by atoms with Crippen LogP contribution in [0.1, 0.15) is 71.3 Å². The van der Waals surface area contributed by atoms with E-state index in [9.17, 15) is 14.0 Å². The zero-order valence-electron chi connectivity index (χ0n) is 20.4. The van der Waals surface area contributed by atoms with Gasteiger partial charge in [-0.15, -0.1) is 0 Å². The lowest BCUT2D eigenvalue weighted by atomic mass is 9.76. The third-order valence-electron chi connectivity index (χ3n) is 6.90. The number of nitrogens with zero attached hydrogens (tertiary/aromatic N) is 3. The van der Waals surface area contributed by atoms with Crippen LogP contribution in [0.2, 0.25) is 0 Å². The number of halogens is 1. The number of ether oxygens (including phenoxy) is 2. The van der Waals surface area contributed by atoms with Gasteiger partial charge < -0.3 is 14.8 Å². The van der Waals surface area contributed by atoms with Gasteiger partial charge in [-0.2, -0.15) is 10.4 Å². The Kier molecular flexibility index (Phi) is 6.95. The molecule has 1 N–H and O–H groups in total. The molecule has 3 heterocycles. The van der Waals surface area contributed by atoms with Crippen molar-refractivity contribution in [3.8, 4) is 6.07 Å². The summed E-state index contributed by atoms with van der Waals surface area (Å²) in [7, 11) is 0. The van der Waals surface area contributed by atoms with Crippen LogP contribution < -0.4 is 5.32 Å². The SMILES string of the molecule is CCc1nn(CC(C)(C)COC(=O)c2ccc(C#N)cc2F)c2c1C(=O)NCC1(CCOCC1)C2. The number of aryl methyl sites for hydroxylation is 1. The zero-order chi connectivity index (χ0) is 25.2. The molecule has 9 heteroatoms. The van der Waals surface area contributed by atoms with Gasteiger partial charge in [0.25, 0.3) is 5.91 Å². The molecule has 0 saturated carbocycles. The molecule has 8 nitrogen and oxygen atoms in total. The van der Waals surface area contributed by atoms with Gasteiger partial charge in [0.2, 0.25) is 0 Å². The minimum atomic E-state index is -0.787. The molecular formula is C26H31FN4O4. The molecule has 186 valence electrons. The van der Waals surface area contributed by atoms with Gasteiger partial charge >= 0.3 is 5.97 Å². The van der Waals surface area contributed by atoms with Crippen LogP contribution in [-0.2, 0) is 28.9 Å². The van der Waals surface area contributed by atoms with Crippen molar-refractivity contribution in [2.24, 2.45) is 10.8 Å². The topological polar surface area (TPSA) is 106 Å². The van der Waals surface area contributed by atoms with Crippen molar-refractivity contribution in [2.75, 3.05) is 26.4 Å². The van der Waals surface area contributed by atoms with Crippen molar-refractivity contribution in [2.45, 2.75) is 53.0 Å². The second-order valence-corrected chi connectivity index (χ2v) is 10.3. The fraction of sp³-hybridized carbons (Fsp3) is 0.538. The van der Waals surface area contributed by atoms with Crippen LogP contribution in [0, 0.1) is 28.0 Å². The summed E-state index contributed by atoms with van der Waals surface area (Å²) in [6, 6.07) is 5.50. The van der Waals surface area contributed by atoms with E-state index in [0.717, 1.165) is 36.7 Å². The molecule has 1 aromatic heterocycles. The summed E-state index contributed by atoms with van der Waals surface area (Å²) in [6.07, 6.45) is 3.10. The Balaban J connectivity index is 1.54. The van der Waals surface area contributed by atoms with Crippen molar-refractivity contribution in [1.29, 1.82) is 5.26 Å². The number of carbonyl (C=O) groups is 2. The summed E-state index contributed by atoms with van der Waals surface area (Å²) in [5.74, 6) is -1.66. The van der Waals surface area contributed by atoms with Gasteiger partial charge in [0.1, 0.15) is 5.82 Å². The summed E-state index contributed by atoms with van der Waals surface area (Å²) in [5.41, 5.74) is 1.66.